The number of hydrogen-bond acceptors (Lipinski definition) is 2. The second-order valence-electron chi connectivity index (χ2n) is 4.65. The Hall–Kier alpha value is -1.80. The van der Waals surface area contributed by atoms with Gasteiger partial charge in [-0.15, -0.1) is 0 Å². The maximum Gasteiger partial charge on any atom is 0.0851 e. The molecule has 0 saturated carbocycles. The molecule has 3 rings (SSSR count). The summed E-state index contributed by atoms with van der Waals surface area (Å²) in [7, 11) is 0. The number of para-hydroxylation sites is 2. The van der Waals surface area contributed by atoms with Crippen LogP contribution in [0.2, 0.25) is 0 Å². The number of fused-ring (bicyclic) bond motifs is 2. The molecule has 0 radical (unpaired) electrons. The van der Waals surface area contributed by atoms with Crippen LogP contribution in [-0.2, 0) is 6.42 Å². The number of aliphatic hydroxyl groups is 1. The van der Waals surface area contributed by atoms with Crippen LogP contribution in [0.4, 0.5) is 11.4 Å². The van der Waals surface area contributed by atoms with Gasteiger partial charge in [-0.3, -0.25) is 0 Å². The highest BCUT2D eigenvalue weighted by molar-refractivity contribution is 5.71. The normalized spacial score (nSPS) is 17.9. The molecule has 0 fully saturated rings. The zero-order chi connectivity index (χ0) is 12.5. The van der Waals surface area contributed by atoms with E-state index in [-0.39, 0.29) is 0 Å². The SMILES string of the molecule is CCN1c2ccccc2CC(O)c2ccccc21. The first kappa shape index (κ1) is 11.3. The Morgan fingerprint density at radius 1 is 1.06 bits per heavy atom. The van der Waals surface area contributed by atoms with Crippen molar-refractivity contribution in [3.63, 3.8) is 0 Å². The van der Waals surface area contributed by atoms with Crippen molar-refractivity contribution < 1.29 is 5.11 Å². The molecule has 0 bridgehead atoms. The molecule has 1 heterocycles. The Morgan fingerprint density at radius 2 is 1.72 bits per heavy atom. The molecule has 0 aromatic heterocycles. The predicted molar refractivity (Wildman–Crippen MR) is 74.2 cm³/mol. The standard InChI is InChI=1S/C16H17NO/c1-2-17-14-9-5-3-7-12(14)11-16(18)13-8-4-6-10-15(13)17/h3-10,16,18H,2,11H2,1H3. The zero-order valence-corrected chi connectivity index (χ0v) is 10.5. The van der Waals surface area contributed by atoms with E-state index in [2.05, 4.69) is 36.1 Å². The molecule has 1 atom stereocenters. The van der Waals surface area contributed by atoms with Crippen molar-refractivity contribution in [2.45, 2.75) is 19.4 Å². The molecule has 0 spiro atoms. The van der Waals surface area contributed by atoms with Crippen molar-refractivity contribution in [2.75, 3.05) is 11.4 Å². The predicted octanol–water partition coefficient (Wildman–Crippen LogP) is 3.43. The molecular weight excluding hydrogens is 222 g/mol. The second-order valence-corrected chi connectivity index (χ2v) is 4.65. The summed E-state index contributed by atoms with van der Waals surface area (Å²) in [5.74, 6) is 0. The van der Waals surface area contributed by atoms with E-state index < -0.39 is 6.10 Å². The Kier molecular flexibility index (Phi) is 2.80. The Bertz CT molecular complexity index is 565. The first-order chi connectivity index (χ1) is 8.81. The number of nitrogens with zero attached hydrogens (tertiary/aromatic N) is 1. The summed E-state index contributed by atoms with van der Waals surface area (Å²) in [6.07, 6.45) is 0.267. The lowest BCUT2D eigenvalue weighted by Crippen LogP contribution is -2.17. The fourth-order valence-corrected chi connectivity index (χ4v) is 2.75. The highest BCUT2D eigenvalue weighted by atomic mass is 16.3. The molecular formula is C16H17NO. The summed E-state index contributed by atoms with van der Waals surface area (Å²) >= 11 is 0. The minimum absolute atomic E-state index is 0.418. The number of aliphatic hydroxyl groups excluding tert-OH is 1. The third-order valence-corrected chi connectivity index (χ3v) is 3.60. The van der Waals surface area contributed by atoms with E-state index in [1.54, 1.807) is 0 Å². The van der Waals surface area contributed by atoms with E-state index in [0.717, 1.165) is 17.8 Å². The average molecular weight is 239 g/mol. The maximum absolute atomic E-state index is 10.4. The van der Waals surface area contributed by atoms with Crippen LogP contribution in [0.25, 0.3) is 0 Å². The van der Waals surface area contributed by atoms with Crippen LogP contribution in [-0.4, -0.2) is 11.7 Å². The highest BCUT2D eigenvalue weighted by Crippen LogP contribution is 2.39. The van der Waals surface area contributed by atoms with Gasteiger partial charge in [0.25, 0.3) is 0 Å². The summed E-state index contributed by atoms with van der Waals surface area (Å²) in [6.45, 7) is 3.05. The first-order valence-corrected chi connectivity index (χ1v) is 6.43. The third-order valence-electron chi connectivity index (χ3n) is 3.60. The van der Waals surface area contributed by atoms with Crippen LogP contribution in [0.1, 0.15) is 24.2 Å². The zero-order valence-electron chi connectivity index (χ0n) is 10.5. The van der Waals surface area contributed by atoms with Gasteiger partial charge in [-0.1, -0.05) is 36.4 Å². The monoisotopic (exact) mass is 239 g/mol. The van der Waals surface area contributed by atoms with Gasteiger partial charge in [-0.2, -0.15) is 0 Å². The summed E-state index contributed by atoms with van der Waals surface area (Å²) in [4.78, 5) is 2.28. The van der Waals surface area contributed by atoms with E-state index in [9.17, 15) is 5.11 Å². The van der Waals surface area contributed by atoms with Gasteiger partial charge in [0.1, 0.15) is 0 Å². The van der Waals surface area contributed by atoms with Crippen LogP contribution in [0.3, 0.4) is 0 Å². The molecule has 0 amide bonds. The smallest absolute Gasteiger partial charge is 0.0851 e. The van der Waals surface area contributed by atoms with Gasteiger partial charge in [0, 0.05) is 29.9 Å². The van der Waals surface area contributed by atoms with Crippen molar-refractivity contribution >= 4 is 11.4 Å². The van der Waals surface area contributed by atoms with Crippen LogP contribution >= 0.6 is 0 Å². The fourth-order valence-electron chi connectivity index (χ4n) is 2.75. The lowest BCUT2D eigenvalue weighted by molar-refractivity contribution is 0.180. The molecule has 18 heavy (non-hydrogen) atoms. The molecule has 0 saturated heterocycles. The van der Waals surface area contributed by atoms with E-state index in [1.165, 1.54) is 11.3 Å². The molecule has 2 nitrogen and oxygen atoms in total. The Morgan fingerprint density at radius 3 is 2.50 bits per heavy atom. The topological polar surface area (TPSA) is 23.5 Å². The van der Waals surface area contributed by atoms with Crippen molar-refractivity contribution in [1.29, 1.82) is 0 Å². The van der Waals surface area contributed by atoms with E-state index in [1.807, 2.05) is 24.3 Å². The van der Waals surface area contributed by atoms with Gasteiger partial charge in [0.05, 0.1) is 6.10 Å². The van der Waals surface area contributed by atoms with Crippen LogP contribution in [0, 0.1) is 0 Å². The molecule has 1 aliphatic rings. The van der Waals surface area contributed by atoms with E-state index in [0.29, 0.717) is 6.42 Å². The summed E-state index contributed by atoms with van der Waals surface area (Å²) in [5, 5.41) is 10.4. The van der Waals surface area contributed by atoms with Crippen molar-refractivity contribution in [3.8, 4) is 0 Å². The van der Waals surface area contributed by atoms with E-state index in [4.69, 9.17) is 0 Å². The molecule has 1 aliphatic heterocycles. The average Bonchev–Trinajstić information content (AvgIpc) is 2.53. The van der Waals surface area contributed by atoms with Gasteiger partial charge in [-0.05, 0) is 24.6 Å². The summed E-state index contributed by atoms with van der Waals surface area (Å²) in [6, 6.07) is 16.5. The number of benzene rings is 2. The van der Waals surface area contributed by atoms with Gasteiger partial charge >= 0.3 is 0 Å². The number of hydrogen-bond donors (Lipinski definition) is 1. The van der Waals surface area contributed by atoms with Gasteiger partial charge in [0.15, 0.2) is 0 Å². The van der Waals surface area contributed by atoms with Gasteiger partial charge in [0.2, 0.25) is 0 Å². The molecule has 0 aliphatic carbocycles. The Labute approximate surface area is 107 Å². The largest absolute Gasteiger partial charge is 0.388 e. The lowest BCUT2D eigenvalue weighted by Gasteiger charge is -2.25. The van der Waals surface area contributed by atoms with Crippen molar-refractivity contribution in [2.24, 2.45) is 0 Å². The van der Waals surface area contributed by atoms with Crippen molar-refractivity contribution in [3.05, 3.63) is 59.7 Å². The second kappa shape index (κ2) is 4.46. The minimum atomic E-state index is -0.418. The number of anilines is 2. The molecule has 2 aromatic rings. The Balaban J connectivity index is 2.23. The highest BCUT2D eigenvalue weighted by Gasteiger charge is 2.23. The molecule has 1 unspecified atom stereocenters. The third kappa shape index (κ3) is 1.70. The minimum Gasteiger partial charge on any atom is -0.388 e. The van der Waals surface area contributed by atoms with Crippen LogP contribution in [0.15, 0.2) is 48.5 Å². The maximum atomic E-state index is 10.4. The van der Waals surface area contributed by atoms with Crippen LogP contribution in [0.5, 0.6) is 0 Å². The molecule has 92 valence electrons. The molecule has 2 heteroatoms. The fraction of sp³-hybridized carbons (Fsp3) is 0.250. The summed E-state index contributed by atoms with van der Waals surface area (Å²) in [5.41, 5.74) is 4.57. The molecule has 2 aromatic carbocycles. The van der Waals surface area contributed by atoms with Gasteiger partial charge in [-0.25, -0.2) is 0 Å². The first-order valence-electron chi connectivity index (χ1n) is 6.43. The van der Waals surface area contributed by atoms with Crippen LogP contribution < -0.4 is 4.90 Å². The van der Waals surface area contributed by atoms with Gasteiger partial charge < -0.3 is 10.0 Å². The lowest BCUT2D eigenvalue weighted by atomic mass is 10.0. The quantitative estimate of drug-likeness (QED) is 0.824. The van der Waals surface area contributed by atoms with E-state index >= 15 is 0 Å². The molecule has 1 N–H and O–H groups in total. The number of rotatable bonds is 1. The van der Waals surface area contributed by atoms with Crippen molar-refractivity contribution in [1.82, 2.24) is 0 Å². The summed E-state index contributed by atoms with van der Waals surface area (Å²) < 4.78 is 0.